The van der Waals surface area contributed by atoms with E-state index < -0.39 is 0 Å². The fourth-order valence-electron chi connectivity index (χ4n) is 4.05. The van der Waals surface area contributed by atoms with E-state index in [9.17, 15) is 9.59 Å². The Bertz CT molecular complexity index is 1280. The highest BCUT2D eigenvalue weighted by Gasteiger charge is 2.27. The highest BCUT2D eigenvalue weighted by Crippen LogP contribution is 2.34. The topological polar surface area (TPSA) is 61.2 Å². The summed E-state index contributed by atoms with van der Waals surface area (Å²) in [6, 6.07) is 12.5. The number of rotatable bonds is 9. The number of ether oxygens (including phenoxy) is 1. The highest BCUT2D eigenvalue weighted by atomic mass is 35.5. The molecule has 3 rings (SSSR count). The Labute approximate surface area is 212 Å². The van der Waals surface area contributed by atoms with E-state index in [0.29, 0.717) is 39.8 Å². The number of Topliss-reactive ketones (excluding diaryl/α,β-unsaturated/α-hetero) is 1. The molecule has 0 N–H and O–H groups in total. The Balaban J connectivity index is 2.07. The molecule has 35 heavy (non-hydrogen) atoms. The van der Waals surface area contributed by atoms with E-state index in [1.807, 2.05) is 45.9 Å². The standard InChI is InChI=1S/C29H33ClN2O3/c1-17(2)15-32-29(35-16-25(33)22-11-9-8-10-12-22)27(21(7)31-32)28(34)23-13-14-24(30)26(20(23)6)19(5)18(3)4/h8-14,17H,15-16H2,1-7H3. The number of carbonyl (C=O) groups excluding carboxylic acids is 2. The minimum Gasteiger partial charge on any atom is -0.469 e. The van der Waals surface area contributed by atoms with Gasteiger partial charge in [-0.2, -0.15) is 5.10 Å². The van der Waals surface area contributed by atoms with E-state index in [-0.39, 0.29) is 24.1 Å². The van der Waals surface area contributed by atoms with E-state index in [1.165, 1.54) is 0 Å². The molecule has 1 heterocycles. The molecular weight excluding hydrogens is 460 g/mol. The molecule has 0 radical (unpaired) electrons. The van der Waals surface area contributed by atoms with Crippen LogP contribution >= 0.6 is 11.6 Å². The second kappa shape index (κ2) is 11.0. The Kier molecular flexibility index (Phi) is 8.34. The fraction of sp³-hybridized carbons (Fsp3) is 0.345. The fourth-order valence-corrected chi connectivity index (χ4v) is 4.40. The number of halogens is 1. The average molecular weight is 493 g/mol. The molecule has 0 amide bonds. The number of aromatic nitrogens is 2. The molecular formula is C29H33ClN2O3. The molecule has 3 aromatic rings. The lowest BCUT2D eigenvalue weighted by atomic mass is 9.91. The number of aryl methyl sites for hydroxylation is 1. The summed E-state index contributed by atoms with van der Waals surface area (Å²) in [5.74, 6) is 0.230. The summed E-state index contributed by atoms with van der Waals surface area (Å²) in [6.07, 6.45) is 0. The van der Waals surface area contributed by atoms with Gasteiger partial charge in [0.1, 0.15) is 5.56 Å². The molecule has 5 nitrogen and oxygen atoms in total. The minimum atomic E-state index is -0.198. The van der Waals surface area contributed by atoms with Crippen molar-refractivity contribution in [2.24, 2.45) is 5.92 Å². The van der Waals surface area contributed by atoms with Gasteiger partial charge in [-0.05, 0) is 69.4 Å². The molecule has 184 valence electrons. The molecule has 0 aliphatic rings. The summed E-state index contributed by atoms with van der Waals surface area (Å²) in [5.41, 5.74) is 5.88. The maximum absolute atomic E-state index is 13.9. The van der Waals surface area contributed by atoms with Gasteiger partial charge in [0.2, 0.25) is 11.7 Å². The molecule has 2 aromatic carbocycles. The van der Waals surface area contributed by atoms with Crippen molar-refractivity contribution in [3.63, 3.8) is 0 Å². The van der Waals surface area contributed by atoms with Crippen LogP contribution in [0.5, 0.6) is 5.88 Å². The molecule has 0 aliphatic heterocycles. The van der Waals surface area contributed by atoms with Crippen LogP contribution in [0, 0.1) is 19.8 Å². The van der Waals surface area contributed by atoms with Crippen molar-refractivity contribution < 1.29 is 14.3 Å². The van der Waals surface area contributed by atoms with Crippen molar-refractivity contribution in [1.29, 1.82) is 0 Å². The van der Waals surface area contributed by atoms with Gasteiger partial charge in [-0.25, -0.2) is 4.68 Å². The largest absolute Gasteiger partial charge is 0.469 e. The van der Waals surface area contributed by atoms with E-state index in [4.69, 9.17) is 16.3 Å². The van der Waals surface area contributed by atoms with Crippen molar-refractivity contribution in [2.45, 2.75) is 55.0 Å². The van der Waals surface area contributed by atoms with Gasteiger partial charge in [-0.3, -0.25) is 9.59 Å². The predicted molar refractivity (Wildman–Crippen MR) is 142 cm³/mol. The zero-order chi connectivity index (χ0) is 25.9. The quantitative estimate of drug-likeness (QED) is 0.298. The molecule has 1 aromatic heterocycles. The monoisotopic (exact) mass is 492 g/mol. The van der Waals surface area contributed by atoms with Gasteiger partial charge in [-0.1, -0.05) is 61.4 Å². The van der Waals surface area contributed by atoms with Gasteiger partial charge >= 0.3 is 0 Å². The van der Waals surface area contributed by atoms with E-state index in [1.54, 1.807) is 35.9 Å². The summed E-state index contributed by atoms with van der Waals surface area (Å²) in [5, 5.41) is 5.21. The maximum Gasteiger partial charge on any atom is 0.224 e. The molecule has 0 unspecified atom stereocenters. The normalized spacial score (nSPS) is 11.0. The minimum absolute atomic E-state index is 0.164. The number of carbonyl (C=O) groups is 2. The first-order valence-corrected chi connectivity index (χ1v) is 12.2. The first-order chi connectivity index (χ1) is 16.5. The van der Waals surface area contributed by atoms with Gasteiger partial charge in [0.25, 0.3) is 0 Å². The van der Waals surface area contributed by atoms with Crippen LogP contribution in [-0.4, -0.2) is 28.0 Å². The van der Waals surface area contributed by atoms with Gasteiger partial charge in [0.05, 0.1) is 5.69 Å². The lowest BCUT2D eigenvalue weighted by Gasteiger charge is -2.16. The first kappa shape index (κ1) is 26.4. The molecule has 0 bridgehead atoms. The molecule has 0 fully saturated rings. The summed E-state index contributed by atoms with van der Waals surface area (Å²) in [7, 11) is 0. The van der Waals surface area contributed by atoms with E-state index in [0.717, 1.165) is 22.3 Å². The van der Waals surface area contributed by atoms with Crippen LogP contribution in [0.3, 0.4) is 0 Å². The van der Waals surface area contributed by atoms with Crippen LogP contribution in [0.2, 0.25) is 5.02 Å². The van der Waals surface area contributed by atoms with Crippen LogP contribution in [0.25, 0.3) is 5.57 Å². The van der Waals surface area contributed by atoms with Crippen LogP contribution in [0.4, 0.5) is 0 Å². The van der Waals surface area contributed by atoms with Crippen LogP contribution in [-0.2, 0) is 6.54 Å². The number of benzene rings is 2. The zero-order valence-electron chi connectivity index (χ0n) is 21.5. The van der Waals surface area contributed by atoms with Gasteiger partial charge in [0.15, 0.2) is 12.4 Å². The van der Waals surface area contributed by atoms with Crippen molar-refractivity contribution in [3.05, 3.63) is 86.6 Å². The Morgan fingerprint density at radius 1 is 1.00 bits per heavy atom. The summed E-state index contributed by atoms with van der Waals surface area (Å²) >= 11 is 6.53. The molecule has 0 atom stereocenters. The lowest BCUT2D eigenvalue weighted by molar-refractivity contribution is 0.0906. The van der Waals surface area contributed by atoms with Crippen molar-refractivity contribution in [3.8, 4) is 5.88 Å². The van der Waals surface area contributed by atoms with E-state index >= 15 is 0 Å². The number of hydrogen-bond donors (Lipinski definition) is 0. The smallest absolute Gasteiger partial charge is 0.224 e. The Hall–Kier alpha value is -3.18. The average Bonchev–Trinajstić information content (AvgIpc) is 3.11. The maximum atomic E-state index is 13.9. The van der Waals surface area contributed by atoms with E-state index in [2.05, 4.69) is 18.9 Å². The second-order valence-electron chi connectivity index (χ2n) is 9.47. The molecule has 6 heteroatoms. The highest BCUT2D eigenvalue weighted by molar-refractivity contribution is 6.33. The van der Waals surface area contributed by atoms with Gasteiger partial charge < -0.3 is 4.74 Å². The van der Waals surface area contributed by atoms with Crippen molar-refractivity contribution in [1.82, 2.24) is 9.78 Å². The third-order valence-electron chi connectivity index (χ3n) is 6.07. The SMILES string of the molecule is CC(C)=C(C)c1c(Cl)ccc(C(=O)c2c(C)nn(CC(C)C)c2OCC(=O)c2ccccc2)c1C. The van der Waals surface area contributed by atoms with Crippen LogP contribution in [0.15, 0.2) is 48.0 Å². The van der Waals surface area contributed by atoms with Crippen LogP contribution < -0.4 is 4.74 Å². The predicted octanol–water partition coefficient (Wildman–Crippen LogP) is 7.12. The molecule has 0 saturated carbocycles. The lowest BCUT2D eigenvalue weighted by Crippen LogP contribution is -2.17. The molecule has 0 saturated heterocycles. The third-order valence-corrected chi connectivity index (χ3v) is 6.38. The summed E-state index contributed by atoms with van der Waals surface area (Å²) in [6.45, 7) is 14.3. The second-order valence-corrected chi connectivity index (χ2v) is 9.88. The number of ketones is 2. The van der Waals surface area contributed by atoms with Crippen molar-refractivity contribution in [2.75, 3.05) is 6.61 Å². The summed E-state index contributed by atoms with van der Waals surface area (Å²) < 4.78 is 7.72. The van der Waals surface area contributed by atoms with Gasteiger partial charge in [0, 0.05) is 22.7 Å². The summed E-state index contributed by atoms with van der Waals surface area (Å²) in [4.78, 5) is 26.6. The Morgan fingerprint density at radius 2 is 1.66 bits per heavy atom. The van der Waals surface area contributed by atoms with Crippen LogP contribution in [0.1, 0.15) is 77.7 Å². The number of nitrogens with zero attached hydrogens (tertiary/aromatic N) is 2. The van der Waals surface area contributed by atoms with Gasteiger partial charge in [-0.15, -0.1) is 0 Å². The molecule has 0 aliphatic carbocycles. The Morgan fingerprint density at radius 3 is 2.26 bits per heavy atom. The van der Waals surface area contributed by atoms with Crippen molar-refractivity contribution >= 4 is 28.7 Å². The first-order valence-electron chi connectivity index (χ1n) is 11.8. The number of allylic oxidation sites excluding steroid dienone is 2. The third kappa shape index (κ3) is 5.73. The molecule has 0 spiro atoms. The number of hydrogen-bond acceptors (Lipinski definition) is 4. The zero-order valence-corrected chi connectivity index (χ0v) is 22.3.